The third-order valence-corrected chi connectivity index (χ3v) is 2.84. The Morgan fingerprint density at radius 1 is 1.39 bits per heavy atom. The van der Waals surface area contributed by atoms with Crippen molar-refractivity contribution >= 4 is 5.69 Å². The molecule has 0 amide bonds. The molecule has 1 heterocycles. The van der Waals surface area contributed by atoms with Crippen LogP contribution in [0, 0.1) is 12.7 Å². The van der Waals surface area contributed by atoms with Crippen molar-refractivity contribution in [1.29, 1.82) is 0 Å². The van der Waals surface area contributed by atoms with Crippen LogP contribution in [0.25, 0.3) is 0 Å². The molecule has 1 aromatic carbocycles. The molecule has 0 atom stereocenters. The first-order valence-electron chi connectivity index (χ1n) is 6.09. The predicted molar refractivity (Wildman–Crippen MR) is 71.1 cm³/mol. The second-order valence-electron chi connectivity index (χ2n) is 4.74. The Morgan fingerprint density at radius 3 is 2.78 bits per heavy atom. The third kappa shape index (κ3) is 2.88. The van der Waals surface area contributed by atoms with Crippen molar-refractivity contribution in [2.24, 2.45) is 0 Å². The minimum Gasteiger partial charge on any atom is -0.381 e. The van der Waals surface area contributed by atoms with Gasteiger partial charge in [0.05, 0.1) is 6.20 Å². The Balaban J connectivity index is 2.00. The van der Waals surface area contributed by atoms with Crippen LogP contribution < -0.4 is 5.32 Å². The van der Waals surface area contributed by atoms with Crippen LogP contribution >= 0.6 is 0 Å². The SMILES string of the molecule is Cc1cc(NCc2cnn(C(C)C)c2)ccc1F. The summed E-state index contributed by atoms with van der Waals surface area (Å²) in [6.45, 7) is 6.64. The lowest BCUT2D eigenvalue weighted by Gasteiger charge is -2.06. The van der Waals surface area contributed by atoms with Crippen LogP contribution in [0.1, 0.15) is 31.0 Å². The molecule has 0 saturated heterocycles. The van der Waals surface area contributed by atoms with Gasteiger partial charge in [-0.1, -0.05) is 0 Å². The molecule has 0 spiro atoms. The number of hydrogen-bond donors (Lipinski definition) is 1. The Bertz CT molecular complexity index is 532. The van der Waals surface area contributed by atoms with Gasteiger partial charge in [0.15, 0.2) is 0 Å². The Kier molecular flexibility index (Phi) is 3.65. The fraction of sp³-hybridized carbons (Fsp3) is 0.357. The lowest BCUT2D eigenvalue weighted by atomic mass is 10.2. The molecule has 2 rings (SSSR count). The molecule has 96 valence electrons. The molecule has 0 aliphatic heterocycles. The molecule has 18 heavy (non-hydrogen) atoms. The number of nitrogens with one attached hydrogen (secondary N) is 1. The van der Waals surface area contributed by atoms with Crippen LogP contribution in [0.15, 0.2) is 30.6 Å². The van der Waals surface area contributed by atoms with Gasteiger partial charge in [0.2, 0.25) is 0 Å². The van der Waals surface area contributed by atoms with Crippen molar-refractivity contribution < 1.29 is 4.39 Å². The molecule has 4 heteroatoms. The minimum atomic E-state index is -0.173. The summed E-state index contributed by atoms with van der Waals surface area (Å²) in [4.78, 5) is 0. The second kappa shape index (κ2) is 5.21. The fourth-order valence-electron chi connectivity index (χ4n) is 1.71. The van der Waals surface area contributed by atoms with Crippen LogP contribution in [0.4, 0.5) is 10.1 Å². The van der Waals surface area contributed by atoms with Gasteiger partial charge >= 0.3 is 0 Å². The molecule has 2 aromatic rings. The number of benzene rings is 1. The summed E-state index contributed by atoms with van der Waals surface area (Å²) < 4.78 is 15.0. The summed E-state index contributed by atoms with van der Waals surface area (Å²) >= 11 is 0. The summed E-state index contributed by atoms with van der Waals surface area (Å²) in [7, 11) is 0. The van der Waals surface area contributed by atoms with Gasteiger partial charge in [-0.15, -0.1) is 0 Å². The highest BCUT2D eigenvalue weighted by molar-refractivity contribution is 5.46. The van der Waals surface area contributed by atoms with Crippen LogP contribution in [0.3, 0.4) is 0 Å². The van der Waals surface area contributed by atoms with E-state index in [1.54, 1.807) is 13.0 Å². The number of hydrogen-bond acceptors (Lipinski definition) is 2. The Hall–Kier alpha value is -1.84. The predicted octanol–water partition coefficient (Wildman–Crippen LogP) is 3.52. The van der Waals surface area contributed by atoms with Crippen molar-refractivity contribution in [1.82, 2.24) is 9.78 Å². The summed E-state index contributed by atoms with van der Waals surface area (Å²) in [6, 6.07) is 5.40. The van der Waals surface area contributed by atoms with E-state index in [4.69, 9.17) is 0 Å². The molecular formula is C14H18FN3. The molecule has 1 aromatic heterocycles. The van der Waals surface area contributed by atoms with E-state index < -0.39 is 0 Å². The highest BCUT2D eigenvalue weighted by atomic mass is 19.1. The average Bonchev–Trinajstić information content (AvgIpc) is 2.79. The second-order valence-corrected chi connectivity index (χ2v) is 4.74. The molecule has 0 aliphatic carbocycles. The van der Waals surface area contributed by atoms with Gasteiger partial charge in [0, 0.05) is 30.0 Å². The van der Waals surface area contributed by atoms with Crippen molar-refractivity contribution in [2.45, 2.75) is 33.4 Å². The van der Waals surface area contributed by atoms with Gasteiger partial charge in [0.1, 0.15) is 5.82 Å². The molecule has 0 bridgehead atoms. The van der Waals surface area contributed by atoms with E-state index in [1.807, 2.05) is 23.1 Å². The molecule has 0 radical (unpaired) electrons. The summed E-state index contributed by atoms with van der Waals surface area (Å²) in [6.07, 6.45) is 3.87. The molecular weight excluding hydrogens is 229 g/mol. The third-order valence-electron chi connectivity index (χ3n) is 2.84. The van der Waals surface area contributed by atoms with Crippen LogP contribution in [0.2, 0.25) is 0 Å². The summed E-state index contributed by atoms with van der Waals surface area (Å²) in [5, 5.41) is 7.54. The number of halogens is 1. The van der Waals surface area contributed by atoms with E-state index in [1.165, 1.54) is 6.07 Å². The first-order chi connectivity index (χ1) is 8.56. The van der Waals surface area contributed by atoms with E-state index in [0.29, 0.717) is 18.2 Å². The zero-order valence-corrected chi connectivity index (χ0v) is 10.9. The average molecular weight is 247 g/mol. The number of rotatable bonds is 4. The van der Waals surface area contributed by atoms with E-state index in [9.17, 15) is 4.39 Å². The Labute approximate surface area is 107 Å². The highest BCUT2D eigenvalue weighted by Crippen LogP contribution is 2.15. The maximum Gasteiger partial charge on any atom is 0.126 e. The largest absolute Gasteiger partial charge is 0.381 e. The van der Waals surface area contributed by atoms with E-state index in [-0.39, 0.29) is 5.82 Å². The molecule has 0 saturated carbocycles. The zero-order valence-electron chi connectivity index (χ0n) is 10.9. The number of anilines is 1. The fourth-order valence-corrected chi connectivity index (χ4v) is 1.71. The number of aryl methyl sites for hydroxylation is 1. The Morgan fingerprint density at radius 2 is 2.17 bits per heavy atom. The first-order valence-corrected chi connectivity index (χ1v) is 6.09. The van der Waals surface area contributed by atoms with Crippen molar-refractivity contribution in [2.75, 3.05) is 5.32 Å². The monoisotopic (exact) mass is 247 g/mol. The lowest BCUT2D eigenvalue weighted by molar-refractivity contribution is 0.532. The number of aromatic nitrogens is 2. The van der Waals surface area contributed by atoms with Gasteiger partial charge in [-0.25, -0.2) is 4.39 Å². The topological polar surface area (TPSA) is 29.9 Å². The standard InChI is InChI=1S/C14H18FN3/c1-10(2)18-9-12(8-17-18)7-16-13-4-5-14(15)11(3)6-13/h4-6,8-10,16H,7H2,1-3H3. The van der Waals surface area contributed by atoms with E-state index in [0.717, 1.165) is 11.3 Å². The molecule has 0 aliphatic rings. The first kappa shape index (κ1) is 12.6. The lowest BCUT2D eigenvalue weighted by Crippen LogP contribution is -2.01. The summed E-state index contributed by atoms with van der Waals surface area (Å²) in [5.41, 5.74) is 2.69. The minimum absolute atomic E-state index is 0.173. The van der Waals surface area contributed by atoms with Gasteiger partial charge in [-0.05, 0) is 44.5 Å². The van der Waals surface area contributed by atoms with Crippen LogP contribution in [0.5, 0.6) is 0 Å². The molecule has 0 fully saturated rings. The maximum absolute atomic E-state index is 13.1. The van der Waals surface area contributed by atoms with Gasteiger partial charge in [0.25, 0.3) is 0 Å². The van der Waals surface area contributed by atoms with Crippen molar-refractivity contribution in [3.8, 4) is 0 Å². The van der Waals surface area contributed by atoms with E-state index >= 15 is 0 Å². The molecule has 1 N–H and O–H groups in total. The molecule has 0 unspecified atom stereocenters. The van der Waals surface area contributed by atoms with Gasteiger partial charge in [-0.2, -0.15) is 5.10 Å². The maximum atomic E-state index is 13.1. The van der Waals surface area contributed by atoms with Crippen molar-refractivity contribution in [3.63, 3.8) is 0 Å². The smallest absolute Gasteiger partial charge is 0.126 e. The normalized spacial score (nSPS) is 10.9. The quantitative estimate of drug-likeness (QED) is 0.895. The van der Waals surface area contributed by atoms with E-state index in [2.05, 4.69) is 24.3 Å². The zero-order chi connectivity index (χ0) is 13.1. The van der Waals surface area contributed by atoms with Crippen LogP contribution in [-0.4, -0.2) is 9.78 Å². The molecule has 3 nitrogen and oxygen atoms in total. The number of nitrogens with zero attached hydrogens (tertiary/aromatic N) is 2. The summed E-state index contributed by atoms with van der Waals surface area (Å²) in [5.74, 6) is -0.173. The van der Waals surface area contributed by atoms with Crippen LogP contribution in [-0.2, 0) is 6.54 Å². The van der Waals surface area contributed by atoms with Gasteiger partial charge in [-0.3, -0.25) is 4.68 Å². The van der Waals surface area contributed by atoms with Gasteiger partial charge < -0.3 is 5.32 Å². The van der Waals surface area contributed by atoms with Crippen molar-refractivity contribution in [3.05, 3.63) is 47.5 Å². The highest BCUT2D eigenvalue weighted by Gasteiger charge is 2.02.